The molecule has 47 heavy (non-hydrogen) atoms. The Morgan fingerprint density at radius 2 is 1.68 bits per heavy atom. The van der Waals surface area contributed by atoms with Gasteiger partial charge in [0.2, 0.25) is 5.90 Å². The number of carbonyl (C=O) groups excluding carboxylic acids is 2. The molecule has 0 radical (unpaired) electrons. The summed E-state index contributed by atoms with van der Waals surface area (Å²) in [6.07, 6.45) is -0.467. The first-order valence-corrected chi connectivity index (χ1v) is 16.1. The number of aliphatic hydroxyl groups excluding tert-OH is 1. The van der Waals surface area contributed by atoms with E-state index in [2.05, 4.69) is 26.8 Å². The molecule has 3 aromatic rings. The standard InChI is InChI=1S/C35H42BrN3O8/c1-34(2,3)47-30(41)15-16-35(33(42)39-37-22-23-19-26(43-4)21-27(20-23)44-5)31(28-9-6-7-10-29(28)36)46-32(38-35)24-11-13-25(14-12-24)45-18-8-17-40/h6-7,9-14,19-21,31,37,40H,8,15-18,22H2,1-5H3,(H,39,42)/t31-,35-/m0/s1. The largest absolute Gasteiger partial charge is 0.497 e. The summed E-state index contributed by atoms with van der Waals surface area (Å²) in [6, 6.07) is 20.0. The monoisotopic (exact) mass is 711 g/mol. The molecule has 0 saturated carbocycles. The number of hydrazine groups is 1. The van der Waals surface area contributed by atoms with Crippen LogP contribution in [-0.2, 0) is 25.6 Å². The molecule has 11 nitrogen and oxygen atoms in total. The molecule has 0 aliphatic carbocycles. The van der Waals surface area contributed by atoms with E-state index in [1.165, 1.54) is 0 Å². The number of esters is 1. The first-order valence-electron chi connectivity index (χ1n) is 15.3. The highest BCUT2D eigenvalue weighted by molar-refractivity contribution is 9.10. The van der Waals surface area contributed by atoms with Crippen LogP contribution in [0.15, 0.2) is 76.2 Å². The number of hydrogen-bond acceptors (Lipinski definition) is 10. The van der Waals surface area contributed by atoms with Crippen molar-refractivity contribution in [2.24, 2.45) is 4.99 Å². The molecule has 252 valence electrons. The number of aliphatic imine (C=N–C) groups is 1. The SMILES string of the molecule is COc1cc(CNNC(=O)[C@@]2(CCC(=O)OC(C)(C)C)N=C(c3ccc(OCCCO)cc3)O[C@H]2c2ccccc2Br)cc(OC)c1. The lowest BCUT2D eigenvalue weighted by atomic mass is 9.83. The summed E-state index contributed by atoms with van der Waals surface area (Å²) in [5.74, 6) is 1.13. The predicted octanol–water partition coefficient (Wildman–Crippen LogP) is 5.43. The smallest absolute Gasteiger partial charge is 0.306 e. The minimum atomic E-state index is -1.56. The fourth-order valence-electron chi connectivity index (χ4n) is 5.02. The van der Waals surface area contributed by atoms with Crippen molar-refractivity contribution < 1.29 is 38.4 Å². The average molecular weight is 713 g/mol. The van der Waals surface area contributed by atoms with Crippen LogP contribution >= 0.6 is 15.9 Å². The fraction of sp³-hybridized carbons (Fsp3) is 0.400. The van der Waals surface area contributed by atoms with E-state index in [9.17, 15) is 9.59 Å². The number of benzene rings is 3. The van der Waals surface area contributed by atoms with Crippen LogP contribution in [0.2, 0.25) is 0 Å². The summed E-state index contributed by atoms with van der Waals surface area (Å²) in [5.41, 5.74) is 5.69. The summed E-state index contributed by atoms with van der Waals surface area (Å²) in [6.45, 7) is 6.04. The third kappa shape index (κ3) is 9.46. The van der Waals surface area contributed by atoms with E-state index in [0.717, 1.165) is 10.0 Å². The Morgan fingerprint density at radius 3 is 2.30 bits per heavy atom. The lowest BCUT2D eigenvalue weighted by Gasteiger charge is -2.31. The molecule has 1 heterocycles. The van der Waals surface area contributed by atoms with Crippen LogP contribution < -0.4 is 25.1 Å². The predicted molar refractivity (Wildman–Crippen MR) is 180 cm³/mol. The number of halogens is 1. The molecule has 1 aliphatic rings. The molecule has 0 unspecified atom stereocenters. The van der Waals surface area contributed by atoms with E-state index in [1.807, 2.05) is 36.4 Å². The van der Waals surface area contributed by atoms with Gasteiger partial charge in [-0.15, -0.1) is 0 Å². The van der Waals surface area contributed by atoms with Gasteiger partial charge in [-0.05, 0) is 75.2 Å². The second kappa shape index (κ2) is 16.1. The van der Waals surface area contributed by atoms with Gasteiger partial charge in [0, 0.05) is 47.7 Å². The van der Waals surface area contributed by atoms with Crippen LogP contribution in [0.4, 0.5) is 0 Å². The lowest BCUT2D eigenvalue weighted by molar-refractivity contribution is -0.155. The Labute approximate surface area is 283 Å². The molecule has 0 fully saturated rings. The molecule has 0 bridgehead atoms. The van der Waals surface area contributed by atoms with E-state index in [0.29, 0.717) is 41.4 Å². The lowest BCUT2D eigenvalue weighted by Crippen LogP contribution is -2.52. The maximum absolute atomic E-state index is 14.4. The van der Waals surface area contributed by atoms with Gasteiger partial charge in [-0.3, -0.25) is 15.0 Å². The molecule has 3 N–H and O–H groups in total. The maximum Gasteiger partial charge on any atom is 0.306 e. The van der Waals surface area contributed by atoms with Crippen molar-refractivity contribution in [2.75, 3.05) is 27.4 Å². The number of aliphatic hydroxyl groups is 1. The Hall–Kier alpha value is -4.13. The van der Waals surface area contributed by atoms with Crippen molar-refractivity contribution in [3.05, 3.63) is 87.9 Å². The van der Waals surface area contributed by atoms with Crippen LogP contribution in [-0.4, -0.2) is 61.5 Å². The minimum Gasteiger partial charge on any atom is -0.497 e. The summed E-state index contributed by atoms with van der Waals surface area (Å²) in [4.78, 5) is 32.3. The van der Waals surface area contributed by atoms with Crippen molar-refractivity contribution in [2.45, 2.75) is 63.8 Å². The molecule has 12 heteroatoms. The number of ether oxygens (including phenoxy) is 5. The quantitative estimate of drug-likeness (QED) is 0.107. The van der Waals surface area contributed by atoms with Crippen LogP contribution in [0.5, 0.6) is 17.2 Å². The van der Waals surface area contributed by atoms with E-state index in [4.69, 9.17) is 33.8 Å². The average Bonchev–Trinajstić information content (AvgIpc) is 3.44. The normalized spacial score (nSPS) is 17.3. The molecule has 3 aromatic carbocycles. The number of nitrogens with zero attached hydrogens (tertiary/aromatic N) is 1. The number of nitrogens with one attached hydrogen (secondary N) is 2. The van der Waals surface area contributed by atoms with Gasteiger partial charge in [-0.25, -0.2) is 10.4 Å². The van der Waals surface area contributed by atoms with Crippen LogP contribution in [0.3, 0.4) is 0 Å². The zero-order chi connectivity index (χ0) is 34.0. The van der Waals surface area contributed by atoms with Gasteiger partial charge in [-0.2, -0.15) is 0 Å². The van der Waals surface area contributed by atoms with Crippen molar-refractivity contribution in [3.8, 4) is 17.2 Å². The number of carbonyl (C=O) groups is 2. The summed E-state index contributed by atoms with van der Waals surface area (Å²) < 4.78 is 29.3. The van der Waals surface area contributed by atoms with Crippen molar-refractivity contribution in [1.82, 2.24) is 10.9 Å². The molecule has 0 spiro atoms. The van der Waals surface area contributed by atoms with Gasteiger partial charge in [0.15, 0.2) is 11.6 Å². The van der Waals surface area contributed by atoms with E-state index in [1.54, 1.807) is 65.3 Å². The third-order valence-electron chi connectivity index (χ3n) is 7.25. The second-order valence-corrected chi connectivity index (χ2v) is 12.8. The summed E-state index contributed by atoms with van der Waals surface area (Å²) in [7, 11) is 3.13. The Balaban J connectivity index is 1.69. The Morgan fingerprint density at radius 1 is 1.00 bits per heavy atom. The summed E-state index contributed by atoms with van der Waals surface area (Å²) >= 11 is 3.63. The Bertz CT molecular complexity index is 1530. The molecule has 4 rings (SSSR count). The highest BCUT2D eigenvalue weighted by atomic mass is 79.9. The molecule has 1 aliphatic heterocycles. The first-order chi connectivity index (χ1) is 22.5. The second-order valence-electron chi connectivity index (χ2n) is 11.9. The third-order valence-corrected chi connectivity index (χ3v) is 7.98. The first kappa shape index (κ1) is 35.7. The molecule has 0 aromatic heterocycles. The van der Waals surface area contributed by atoms with Crippen LogP contribution in [0, 0.1) is 0 Å². The fourth-order valence-corrected chi connectivity index (χ4v) is 5.52. The van der Waals surface area contributed by atoms with E-state index < -0.39 is 29.1 Å². The number of hydrogen-bond donors (Lipinski definition) is 3. The van der Waals surface area contributed by atoms with Gasteiger partial charge in [0.05, 0.1) is 20.8 Å². The van der Waals surface area contributed by atoms with Crippen LogP contribution in [0.1, 0.15) is 62.8 Å². The van der Waals surface area contributed by atoms with E-state index in [-0.39, 0.29) is 31.9 Å². The highest BCUT2D eigenvalue weighted by Gasteiger charge is 2.54. The molecule has 0 saturated heterocycles. The number of methoxy groups -OCH3 is 2. The topological polar surface area (TPSA) is 137 Å². The van der Waals surface area contributed by atoms with Gasteiger partial charge in [-0.1, -0.05) is 34.1 Å². The van der Waals surface area contributed by atoms with Gasteiger partial charge >= 0.3 is 5.97 Å². The minimum absolute atomic E-state index is 0.000263. The van der Waals surface area contributed by atoms with Crippen molar-refractivity contribution in [3.63, 3.8) is 0 Å². The molecular weight excluding hydrogens is 670 g/mol. The number of rotatable bonds is 15. The zero-order valence-corrected chi connectivity index (χ0v) is 28.9. The van der Waals surface area contributed by atoms with Crippen LogP contribution in [0.25, 0.3) is 0 Å². The zero-order valence-electron chi connectivity index (χ0n) is 27.3. The van der Waals surface area contributed by atoms with Crippen molar-refractivity contribution in [1.29, 1.82) is 0 Å². The maximum atomic E-state index is 14.4. The Kier molecular flexibility index (Phi) is 12.3. The molecule has 1 amide bonds. The van der Waals surface area contributed by atoms with Crippen molar-refractivity contribution >= 4 is 33.7 Å². The molecule has 2 atom stereocenters. The van der Waals surface area contributed by atoms with E-state index >= 15 is 0 Å². The van der Waals surface area contributed by atoms with Gasteiger partial charge < -0.3 is 28.8 Å². The van der Waals surface area contributed by atoms with Gasteiger partial charge in [0.1, 0.15) is 22.8 Å². The number of amides is 1. The van der Waals surface area contributed by atoms with Gasteiger partial charge in [0.25, 0.3) is 5.91 Å². The molecular formula is C35H42BrN3O8. The highest BCUT2D eigenvalue weighted by Crippen LogP contribution is 2.45. The summed E-state index contributed by atoms with van der Waals surface area (Å²) in [5, 5.41) is 9.06.